The highest BCUT2D eigenvalue weighted by molar-refractivity contribution is 6.44. The molecule has 1 heterocycles. The number of carbonyl (C=O) groups excluding carboxylic acids is 3. The zero-order valence-corrected chi connectivity index (χ0v) is 13.7. The Kier molecular flexibility index (Phi) is 4.36. The van der Waals surface area contributed by atoms with Crippen LogP contribution in [0.15, 0.2) is 54.6 Å². The molecule has 1 aliphatic rings. The largest absolute Gasteiger partial charge is 0.335 e. The SMILES string of the molecule is CC(c1ccccc1)N1C(=O)C(=O)N(Cc2ccccc2Cl)C1=O. The average molecular weight is 343 g/mol. The van der Waals surface area contributed by atoms with Crippen LogP contribution in [0.5, 0.6) is 0 Å². The molecule has 1 saturated heterocycles. The summed E-state index contributed by atoms with van der Waals surface area (Å²) < 4.78 is 0. The van der Waals surface area contributed by atoms with Gasteiger partial charge in [0.05, 0.1) is 12.6 Å². The van der Waals surface area contributed by atoms with Gasteiger partial charge >= 0.3 is 17.8 Å². The topological polar surface area (TPSA) is 57.7 Å². The van der Waals surface area contributed by atoms with Crippen LogP contribution in [0.25, 0.3) is 0 Å². The minimum Gasteiger partial charge on any atom is -0.263 e. The predicted octanol–water partition coefficient (Wildman–Crippen LogP) is 3.39. The Bertz CT molecular complexity index is 807. The lowest BCUT2D eigenvalue weighted by molar-refractivity contribution is -0.144. The van der Waals surface area contributed by atoms with Crippen LogP contribution in [0.1, 0.15) is 24.1 Å². The van der Waals surface area contributed by atoms with Gasteiger partial charge in [-0.25, -0.2) is 9.69 Å². The molecular weight excluding hydrogens is 328 g/mol. The molecule has 1 unspecified atom stereocenters. The summed E-state index contributed by atoms with van der Waals surface area (Å²) in [5.41, 5.74) is 1.40. The van der Waals surface area contributed by atoms with Gasteiger partial charge in [0.25, 0.3) is 0 Å². The Morgan fingerprint density at radius 3 is 2.21 bits per heavy atom. The van der Waals surface area contributed by atoms with Gasteiger partial charge in [-0.15, -0.1) is 0 Å². The first-order chi connectivity index (χ1) is 11.5. The summed E-state index contributed by atoms with van der Waals surface area (Å²) in [5, 5.41) is 0.445. The van der Waals surface area contributed by atoms with Crippen molar-refractivity contribution in [2.24, 2.45) is 0 Å². The Labute approximate surface area is 144 Å². The molecule has 122 valence electrons. The molecule has 2 aromatic rings. The minimum atomic E-state index is -0.831. The van der Waals surface area contributed by atoms with Crippen molar-refractivity contribution in [2.45, 2.75) is 19.5 Å². The van der Waals surface area contributed by atoms with Crippen molar-refractivity contribution < 1.29 is 14.4 Å². The summed E-state index contributed by atoms with van der Waals surface area (Å²) in [6.07, 6.45) is 0. The molecule has 0 aromatic heterocycles. The molecule has 1 aliphatic heterocycles. The van der Waals surface area contributed by atoms with Crippen molar-refractivity contribution in [1.82, 2.24) is 9.80 Å². The second-order valence-corrected chi connectivity index (χ2v) is 5.93. The summed E-state index contributed by atoms with van der Waals surface area (Å²) in [7, 11) is 0. The highest BCUT2D eigenvalue weighted by Crippen LogP contribution is 2.28. The number of imide groups is 2. The van der Waals surface area contributed by atoms with E-state index in [0.717, 1.165) is 15.4 Å². The van der Waals surface area contributed by atoms with E-state index in [4.69, 9.17) is 11.6 Å². The molecular formula is C18H15ClN2O3. The molecule has 6 heteroatoms. The molecule has 2 aromatic carbocycles. The third-order valence-electron chi connectivity index (χ3n) is 4.04. The van der Waals surface area contributed by atoms with E-state index in [-0.39, 0.29) is 6.54 Å². The lowest BCUT2D eigenvalue weighted by Crippen LogP contribution is -2.35. The number of amides is 4. The van der Waals surface area contributed by atoms with E-state index >= 15 is 0 Å². The van der Waals surface area contributed by atoms with Gasteiger partial charge in [0.2, 0.25) is 0 Å². The first-order valence-corrected chi connectivity index (χ1v) is 7.86. The summed E-state index contributed by atoms with van der Waals surface area (Å²) in [6.45, 7) is 1.69. The fourth-order valence-corrected chi connectivity index (χ4v) is 2.88. The molecule has 0 spiro atoms. The molecule has 0 bridgehead atoms. The van der Waals surface area contributed by atoms with E-state index in [2.05, 4.69) is 0 Å². The highest BCUT2D eigenvalue weighted by atomic mass is 35.5. The number of nitrogens with zero attached hydrogens (tertiary/aromatic N) is 2. The Morgan fingerprint density at radius 2 is 1.54 bits per heavy atom. The van der Waals surface area contributed by atoms with Gasteiger partial charge in [-0.2, -0.15) is 0 Å². The van der Waals surface area contributed by atoms with Crippen LogP contribution in [0.3, 0.4) is 0 Å². The molecule has 0 radical (unpaired) electrons. The fraction of sp³-hybridized carbons (Fsp3) is 0.167. The van der Waals surface area contributed by atoms with Crippen molar-refractivity contribution in [3.05, 3.63) is 70.7 Å². The summed E-state index contributed by atoms with van der Waals surface area (Å²) in [6, 6.07) is 14.9. The van der Waals surface area contributed by atoms with Gasteiger partial charge < -0.3 is 0 Å². The maximum atomic E-state index is 12.6. The van der Waals surface area contributed by atoms with Crippen molar-refractivity contribution >= 4 is 29.4 Å². The van der Waals surface area contributed by atoms with Crippen LogP contribution in [0.4, 0.5) is 4.79 Å². The van der Waals surface area contributed by atoms with Crippen molar-refractivity contribution in [2.75, 3.05) is 0 Å². The van der Waals surface area contributed by atoms with Gasteiger partial charge in [0.15, 0.2) is 0 Å². The zero-order valence-electron chi connectivity index (χ0n) is 13.0. The molecule has 24 heavy (non-hydrogen) atoms. The normalized spacial score (nSPS) is 16.0. The third kappa shape index (κ3) is 2.78. The van der Waals surface area contributed by atoms with Gasteiger partial charge in [-0.05, 0) is 24.1 Å². The monoisotopic (exact) mass is 342 g/mol. The standard InChI is InChI=1S/C18H15ClN2O3/c1-12(13-7-3-2-4-8-13)21-17(23)16(22)20(18(21)24)11-14-9-5-6-10-15(14)19/h2-10,12H,11H2,1H3. The van der Waals surface area contributed by atoms with E-state index in [1.54, 1.807) is 31.2 Å². The number of rotatable bonds is 4. The first kappa shape index (κ1) is 16.2. The highest BCUT2D eigenvalue weighted by Gasteiger charge is 2.46. The van der Waals surface area contributed by atoms with Crippen LogP contribution < -0.4 is 0 Å². The number of hydrogen-bond donors (Lipinski definition) is 0. The summed E-state index contributed by atoms with van der Waals surface area (Å²) >= 11 is 6.08. The molecule has 1 atom stereocenters. The number of urea groups is 1. The number of halogens is 1. The van der Waals surface area contributed by atoms with Crippen LogP contribution >= 0.6 is 11.6 Å². The second kappa shape index (κ2) is 6.45. The predicted molar refractivity (Wildman–Crippen MR) is 89.1 cm³/mol. The van der Waals surface area contributed by atoms with E-state index in [0.29, 0.717) is 10.6 Å². The van der Waals surface area contributed by atoms with E-state index < -0.39 is 23.9 Å². The van der Waals surface area contributed by atoms with Gasteiger partial charge in [0, 0.05) is 5.02 Å². The number of benzene rings is 2. The quantitative estimate of drug-likeness (QED) is 0.632. The minimum absolute atomic E-state index is 0.0267. The third-order valence-corrected chi connectivity index (χ3v) is 4.41. The molecule has 4 amide bonds. The maximum absolute atomic E-state index is 12.6. The Hall–Kier alpha value is -2.66. The van der Waals surface area contributed by atoms with Gasteiger partial charge in [0.1, 0.15) is 0 Å². The first-order valence-electron chi connectivity index (χ1n) is 7.48. The average Bonchev–Trinajstić information content (AvgIpc) is 2.80. The molecule has 0 N–H and O–H groups in total. The molecule has 5 nitrogen and oxygen atoms in total. The zero-order chi connectivity index (χ0) is 17.3. The maximum Gasteiger partial charge on any atom is 0.335 e. The molecule has 1 fully saturated rings. The smallest absolute Gasteiger partial charge is 0.263 e. The van der Waals surface area contributed by atoms with Crippen molar-refractivity contribution in [3.8, 4) is 0 Å². The van der Waals surface area contributed by atoms with Crippen LogP contribution in [-0.4, -0.2) is 27.6 Å². The second-order valence-electron chi connectivity index (χ2n) is 5.53. The summed E-state index contributed by atoms with van der Waals surface area (Å²) in [4.78, 5) is 39.1. The van der Waals surface area contributed by atoms with E-state index in [1.165, 1.54) is 0 Å². The Morgan fingerprint density at radius 1 is 0.917 bits per heavy atom. The van der Waals surface area contributed by atoms with Gasteiger partial charge in [-0.1, -0.05) is 60.1 Å². The molecule has 0 aliphatic carbocycles. The molecule has 3 rings (SSSR count). The fourth-order valence-electron chi connectivity index (χ4n) is 2.68. The lowest BCUT2D eigenvalue weighted by Gasteiger charge is -2.22. The van der Waals surface area contributed by atoms with Crippen molar-refractivity contribution in [1.29, 1.82) is 0 Å². The van der Waals surface area contributed by atoms with Crippen LogP contribution in [-0.2, 0) is 16.1 Å². The van der Waals surface area contributed by atoms with Crippen LogP contribution in [0, 0.1) is 0 Å². The van der Waals surface area contributed by atoms with E-state index in [9.17, 15) is 14.4 Å². The molecule has 0 saturated carbocycles. The van der Waals surface area contributed by atoms with Crippen molar-refractivity contribution in [3.63, 3.8) is 0 Å². The van der Waals surface area contributed by atoms with Crippen LogP contribution in [0.2, 0.25) is 5.02 Å². The number of carbonyl (C=O) groups is 3. The van der Waals surface area contributed by atoms with E-state index in [1.807, 2.05) is 30.3 Å². The lowest BCUT2D eigenvalue weighted by atomic mass is 10.1. The number of hydrogen-bond acceptors (Lipinski definition) is 3. The summed E-state index contributed by atoms with van der Waals surface area (Å²) in [5.74, 6) is -1.65. The van der Waals surface area contributed by atoms with Gasteiger partial charge in [-0.3, -0.25) is 14.5 Å². The Balaban J connectivity index is 1.87.